The third-order valence-electron chi connectivity index (χ3n) is 2.33. The molecular formula is C13H20O. The lowest BCUT2D eigenvalue weighted by Crippen LogP contribution is -2.26. The molecule has 0 heterocycles. The molecule has 0 bridgehead atoms. The first-order valence-corrected chi connectivity index (χ1v) is 5.19. The van der Waals surface area contributed by atoms with E-state index < -0.39 is 0 Å². The van der Waals surface area contributed by atoms with Crippen LogP contribution < -0.4 is 0 Å². The number of benzene rings is 1. The van der Waals surface area contributed by atoms with Crippen LogP contribution in [0, 0.1) is 0 Å². The molecular weight excluding hydrogens is 172 g/mol. The van der Waals surface area contributed by atoms with Crippen molar-refractivity contribution in [1.82, 2.24) is 0 Å². The van der Waals surface area contributed by atoms with Crippen molar-refractivity contribution in [3.05, 3.63) is 35.9 Å². The Morgan fingerprint density at radius 3 is 2.21 bits per heavy atom. The molecule has 0 N–H and O–H groups in total. The van der Waals surface area contributed by atoms with E-state index in [0.717, 1.165) is 6.61 Å². The first-order chi connectivity index (χ1) is 6.52. The summed E-state index contributed by atoms with van der Waals surface area (Å²) >= 11 is 0. The molecule has 1 rings (SSSR count). The van der Waals surface area contributed by atoms with Gasteiger partial charge in [0.15, 0.2) is 0 Å². The molecule has 0 saturated heterocycles. The molecule has 0 atom stereocenters. The molecule has 0 fully saturated rings. The van der Waals surface area contributed by atoms with Crippen molar-refractivity contribution in [2.75, 3.05) is 6.61 Å². The summed E-state index contributed by atoms with van der Waals surface area (Å²) in [6, 6.07) is 10.5. The number of hydrogen-bond acceptors (Lipinski definition) is 1. The zero-order chi connectivity index (χ0) is 10.6. The van der Waals surface area contributed by atoms with Gasteiger partial charge in [-0.25, -0.2) is 0 Å². The first kappa shape index (κ1) is 11.3. The Labute approximate surface area is 87.1 Å². The summed E-state index contributed by atoms with van der Waals surface area (Å²) in [5.74, 6) is 0. The topological polar surface area (TPSA) is 9.23 Å². The minimum atomic E-state index is 0.103. The van der Waals surface area contributed by atoms with Crippen molar-refractivity contribution in [3.63, 3.8) is 0 Å². The van der Waals surface area contributed by atoms with Gasteiger partial charge in [0.05, 0.1) is 12.7 Å². The van der Waals surface area contributed by atoms with Crippen molar-refractivity contribution in [1.29, 1.82) is 0 Å². The van der Waals surface area contributed by atoms with Crippen LogP contribution in [-0.4, -0.2) is 12.7 Å². The smallest absolute Gasteiger partial charge is 0.0561 e. The summed E-state index contributed by atoms with van der Waals surface area (Å²) in [6.07, 6.45) is 0.304. The van der Waals surface area contributed by atoms with Gasteiger partial charge in [-0.15, -0.1) is 0 Å². The average Bonchev–Trinajstić information content (AvgIpc) is 2.16. The van der Waals surface area contributed by atoms with Gasteiger partial charge < -0.3 is 4.74 Å². The molecule has 1 aromatic rings. The van der Waals surface area contributed by atoms with E-state index in [-0.39, 0.29) is 5.41 Å². The third-order valence-corrected chi connectivity index (χ3v) is 2.33. The number of rotatable bonds is 4. The van der Waals surface area contributed by atoms with Crippen LogP contribution in [0.2, 0.25) is 0 Å². The number of hydrogen-bond donors (Lipinski definition) is 0. The zero-order valence-electron chi connectivity index (χ0n) is 9.58. The second kappa shape index (κ2) is 4.61. The molecule has 78 valence electrons. The van der Waals surface area contributed by atoms with Gasteiger partial charge in [0, 0.05) is 5.41 Å². The maximum Gasteiger partial charge on any atom is 0.0561 e. The first-order valence-electron chi connectivity index (χ1n) is 5.19. The Morgan fingerprint density at radius 2 is 1.71 bits per heavy atom. The maximum atomic E-state index is 5.66. The molecule has 0 aliphatic rings. The van der Waals surface area contributed by atoms with Crippen molar-refractivity contribution >= 4 is 0 Å². The molecule has 0 saturated carbocycles. The van der Waals surface area contributed by atoms with E-state index in [1.54, 1.807) is 0 Å². The Morgan fingerprint density at radius 1 is 1.14 bits per heavy atom. The summed E-state index contributed by atoms with van der Waals surface area (Å²) < 4.78 is 5.66. The molecule has 0 unspecified atom stereocenters. The molecule has 1 aromatic carbocycles. The highest BCUT2D eigenvalue weighted by Gasteiger charge is 2.20. The van der Waals surface area contributed by atoms with E-state index in [9.17, 15) is 0 Å². The fraction of sp³-hybridized carbons (Fsp3) is 0.538. The van der Waals surface area contributed by atoms with Gasteiger partial charge in [-0.1, -0.05) is 44.2 Å². The fourth-order valence-corrected chi connectivity index (χ4v) is 1.35. The lowest BCUT2D eigenvalue weighted by Gasteiger charge is -2.26. The summed E-state index contributed by atoms with van der Waals surface area (Å²) in [4.78, 5) is 0. The molecule has 0 spiro atoms. The average molecular weight is 192 g/mol. The molecule has 0 aliphatic carbocycles. The van der Waals surface area contributed by atoms with Gasteiger partial charge in [0.25, 0.3) is 0 Å². The van der Waals surface area contributed by atoms with Crippen molar-refractivity contribution < 1.29 is 4.74 Å². The third kappa shape index (κ3) is 3.15. The predicted octanol–water partition coefficient (Wildman–Crippen LogP) is 3.39. The maximum absolute atomic E-state index is 5.66. The van der Waals surface area contributed by atoms with Gasteiger partial charge in [-0.2, -0.15) is 0 Å². The quantitative estimate of drug-likeness (QED) is 0.710. The normalized spacial score (nSPS) is 12.1. The van der Waals surface area contributed by atoms with E-state index in [4.69, 9.17) is 4.74 Å². The summed E-state index contributed by atoms with van der Waals surface area (Å²) in [5.41, 5.74) is 1.44. The second-order valence-electron chi connectivity index (χ2n) is 4.61. The van der Waals surface area contributed by atoms with E-state index in [1.165, 1.54) is 5.56 Å². The predicted molar refractivity (Wildman–Crippen MR) is 60.6 cm³/mol. The van der Waals surface area contributed by atoms with Crippen LogP contribution >= 0.6 is 0 Å². The molecule has 0 amide bonds. The fourth-order valence-electron chi connectivity index (χ4n) is 1.35. The van der Waals surface area contributed by atoms with Crippen LogP contribution in [0.15, 0.2) is 30.3 Å². The Kier molecular flexibility index (Phi) is 3.70. The van der Waals surface area contributed by atoms with Crippen LogP contribution in [0.3, 0.4) is 0 Å². The van der Waals surface area contributed by atoms with E-state index >= 15 is 0 Å². The minimum Gasteiger partial charge on any atom is -0.378 e. The second-order valence-corrected chi connectivity index (χ2v) is 4.61. The van der Waals surface area contributed by atoms with Crippen molar-refractivity contribution in [3.8, 4) is 0 Å². The minimum absolute atomic E-state index is 0.103. The van der Waals surface area contributed by atoms with E-state index in [2.05, 4.69) is 52.0 Å². The summed E-state index contributed by atoms with van der Waals surface area (Å²) in [7, 11) is 0. The highest BCUT2D eigenvalue weighted by molar-refractivity contribution is 5.23. The molecule has 1 nitrogen and oxygen atoms in total. The van der Waals surface area contributed by atoms with Crippen LogP contribution in [-0.2, 0) is 10.2 Å². The van der Waals surface area contributed by atoms with Crippen LogP contribution in [0.25, 0.3) is 0 Å². The van der Waals surface area contributed by atoms with Crippen molar-refractivity contribution in [2.45, 2.75) is 39.2 Å². The number of ether oxygens (including phenoxy) is 1. The van der Waals surface area contributed by atoms with Crippen LogP contribution in [0.1, 0.15) is 33.3 Å². The Hall–Kier alpha value is -0.820. The molecule has 0 aliphatic heterocycles. The van der Waals surface area contributed by atoms with Crippen LogP contribution in [0.5, 0.6) is 0 Å². The van der Waals surface area contributed by atoms with E-state index in [0.29, 0.717) is 6.10 Å². The molecule has 1 heteroatoms. The zero-order valence-corrected chi connectivity index (χ0v) is 9.58. The van der Waals surface area contributed by atoms with Gasteiger partial charge in [0.1, 0.15) is 0 Å². The van der Waals surface area contributed by atoms with Gasteiger partial charge in [-0.05, 0) is 19.4 Å². The molecule has 0 radical (unpaired) electrons. The van der Waals surface area contributed by atoms with Crippen molar-refractivity contribution in [2.24, 2.45) is 0 Å². The monoisotopic (exact) mass is 192 g/mol. The van der Waals surface area contributed by atoms with Gasteiger partial charge in [-0.3, -0.25) is 0 Å². The highest BCUT2D eigenvalue weighted by atomic mass is 16.5. The van der Waals surface area contributed by atoms with Gasteiger partial charge in [0.2, 0.25) is 0 Å². The SMILES string of the molecule is CC(C)OCC(C)(C)c1ccccc1. The summed E-state index contributed by atoms with van der Waals surface area (Å²) in [6.45, 7) is 9.34. The lowest BCUT2D eigenvalue weighted by molar-refractivity contribution is 0.0473. The summed E-state index contributed by atoms with van der Waals surface area (Å²) in [5, 5.41) is 0. The Balaban J connectivity index is 2.66. The van der Waals surface area contributed by atoms with E-state index in [1.807, 2.05) is 6.07 Å². The largest absolute Gasteiger partial charge is 0.378 e. The lowest BCUT2D eigenvalue weighted by atomic mass is 9.86. The Bertz CT molecular complexity index is 262. The van der Waals surface area contributed by atoms with Gasteiger partial charge >= 0.3 is 0 Å². The molecule has 0 aromatic heterocycles. The molecule has 14 heavy (non-hydrogen) atoms. The standard InChI is InChI=1S/C13H20O/c1-11(2)14-10-13(3,4)12-8-6-5-7-9-12/h5-9,11H,10H2,1-4H3. The van der Waals surface area contributed by atoms with Crippen LogP contribution in [0.4, 0.5) is 0 Å². The highest BCUT2D eigenvalue weighted by Crippen LogP contribution is 2.23.